The molecule has 0 aliphatic carbocycles. The number of hydrogen-bond acceptors (Lipinski definition) is 3. The summed E-state index contributed by atoms with van der Waals surface area (Å²) in [5, 5.41) is 0.621. The van der Waals surface area contributed by atoms with Gasteiger partial charge in [0, 0.05) is 6.07 Å². The summed E-state index contributed by atoms with van der Waals surface area (Å²) in [4.78, 5) is 8.98. The van der Waals surface area contributed by atoms with Crippen molar-refractivity contribution >= 4 is 34.4 Å². The second kappa shape index (κ2) is 5.54. The van der Waals surface area contributed by atoms with E-state index in [2.05, 4.69) is 9.97 Å². The van der Waals surface area contributed by atoms with Crippen LogP contribution in [0.25, 0.3) is 16.9 Å². The number of rotatable bonds is 3. The summed E-state index contributed by atoms with van der Waals surface area (Å²) < 4.78 is 7.07. The zero-order chi connectivity index (χ0) is 15.0. The highest BCUT2D eigenvalue weighted by Gasteiger charge is 2.16. The van der Waals surface area contributed by atoms with E-state index in [1.807, 2.05) is 35.8 Å². The molecule has 0 fully saturated rings. The Balaban J connectivity index is 2.36. The Morgan fingerprint density at radius 1 is 1.19 bits per heavy atom. The summed E-state index contributed by atoms with van der Waals surface area (Å²) in [6, 6.07) is 9.43. The number of nitrogens with zero attached hydrogens (tertiary/aromatic N) is 3. The van der Waals surface area contributed by atoms with Crippen LogP contribution in [0.15, 0.2) is 30.3 Å². The van der Waals surface area contributed by atoms with Crippen LogP contribution in [0.4, 0.5) is 0 Å². The normalized spacial score (nSPS) is 11.0. The number of methoxy groups -OCH3 is 1. The van der Waals surface area contributed by atoms with Crippen molar-refractivity contribution in [2.75, 3.05) is 7.11 Å². The first-order chi connectivity index (χ1) is 10.1. The molecule has 21 heavy (non-hydrogen) atoms. The maximum atomic E-state index is 6.34. The molecule has 0 spiro atoms. The van der Waals surface area contributed by atoms with Gasteiger partial charge in [-0.25, -0.2) is 4.98 Å². The van der Waals surface area contributed by atoms with Crippen molar-refractivity contribution in [3.63, 3.8) is 0 Å². The van der Waals surface area contributed by atoms with E-state index in [0.717, 1.165) is 16.8 Å². The Labute approximate surface area is 132 Å². The molecule has 0 unspecified atom stereocenters. The quantitative estimate of drug-likeness (QED) is 0.681. The highest BCUT2D eigenvalue weighted by Crippen LogP contribution is 2.28. The molecule has 0 bridgehead atoms. The highest BCUT2D eigenvalue weighted by atomic mass is 35.5. The molecule has 0 N–H and O–H groups in total. The number of aryl methyl sites for hydroxylation is 1. The molecular formula is C15H13Cl2N3O. The third-order valence-corrected chi connectivity index (χ3v) is 3.78. The summed E-state index contributed by atoms with van der Waals surface area (Å²) in [6.07, 6.45) is 0. The van der Waals surface area contributed by atoms with Crippen LogP contribution in [0, 0.1) is 6.92 Å². The molecule has 2 heterocycles. The summed E-state index contributed by atoms with van der Waals surface area (Å²) in [7, 11) is 1.58. The monoisotopic (exact) mass is 321 g/mol. The van der Waals surface area contributed by atoms with Crippen molar-refractivity contribution in [1.29, 1.82) is 0 Å². The highest BCUT2D eigenvalue weighted by molar-refractivity contribution is 6.32. The van der Waals surface area contributed by atoms with Gasteiger partial charge in [-0.15, -0.1) is 11.6 Å². The fourth-order valence-corrected chi connectivity index (χ4v) is 2.62. The van der Waals surface area contributed by atoms with Crippen molar-refractivity contribution in [3.8, 4) is 11.6 Å². The van der Waals surface area contributed by atoms with E-state index in [-0.39, 0.29) is 5.88 Å². The maximum Gasteiger partial charge on any atom is 0.215 e. The summed E-state index contributed by atoms with van der Waals surface area (Å²) in [5.74, 6) is 1.48. The molecule has 1 aromatic carbocycles. The fraction of sp³-hybridized carbons (Fsp3) is 0.200. The van der Waals surface area contributed by atoms with Gasteiger partial charge < -0.3 is 4.74 Å². The molecule has 3 rings (SSSR count). The number of alkyl halides is 1. The molecule has 0 radical (unpaired) electrons. The first-order valence-corrected chi connectivity index (χ1v) is 7.30. The van der Waals surface area contributed by atoms with Gasteiger partial charge in [0.25, 0.3) is 0 Å². The molecular weight excluding hydrogens is 309 g/mol. The Morgan fingerprint density at radius 2 is 2.00 bits per heavy atom. The van der Waals surface area contributed by atoms with Gasteiger partial charge in [-0.05, 0) is 30.7 Å². The van der Waals surface area contributed by atoms with Crippen molar-refractivity contribution in [1.82, 2.24) is 14.5 Å². The molecule has 2 aromatic heterocycles. The minimum Gasteiger partial charge on any atom is -0.481 e. The number of benzene rings is 1. The average molecular weight is 322 g/mol. The lowest BCUT2D eigenvalue weighted by molar-refractivity contribution is 0.399. The lowest BCUT2D eigenvalue weighted by Crippen LogP contribution is -2.02. The number of halogens is 2. The summed E-state index contributed by atoms with van der Waals surface area (Å²) in [6.45, 7) is 2.01. The minimum absolute atomic E-state index is 0.267. The van der Waals surface area contributed by atoms with Crippen LogP contribution in [0.1, 0.15) is 11.4 Å². The van der Waals surface area contributed by atoms with Gasteiger partial charge in [0.2, 0.25) is 5.88 Å². The Morgan fingerprint density at radius 3 is 2.71 bits per heavy atom. The molecule has 0 aliphatic heterocycles. The molecule has 0 amide bonds. The molecule has 4 nitrogen and oxygen atoms in total. The zero-order valence-electron chi connectivity index (χ0n) is 11.6. The van der Waals surface area contributed by atoms with Crippen LogP contribution in [-0.2, 0) is 5.88 Å². The lowest BCUT2D eigenvalue weighted by Gasteiger charge is -2.10. The second-order valence-corrected chi connectivity index (χ2v) is 5.32. The fourth-order valence-electron chi connectivity index (χ4n) is 2.24. The summed E-state index contributed by atoms with van der Waals surface area (Å²) in [5.41, 5.74) is 3.34. The van der Waals surface area contributed by atoms with Gasteiger partial charge in [0.15, 0.2) is 5.65 Å². The Hall–Kier alpha value is -1.78. The van der Waals surface area contributed by atoms with E-state index in [1.54, 1.807) is 13.2 Å². The molecule has 108 valence electrons. The van der Waals surface area contributed by atoms with Crippen LogP contribution < -0.4 is 4.74 Å². The molecule has 6 heteroatoms. The average Bonchev–Trinajstić information content (AvgIpc) is 2.87. The summed E-state index contributed by atoms with van der Waals surface area (Å²) >= 11 is 12.4. The van der Waals surface area contributed by atoms with Gasteiger partial charge in [-0.3, -0.25) is 4.57 Å². The van der Waals surface area contributed by atoms with Crippen LogP contribution in [0.3, 0.4) is 0 Å². The lowest BCUT2D eigenvalue weighted by atomic mass is 10.2. The van der Waals surface area contributed by atoms with Crippen molar-refractivity contribution in [3.05, 3.63) is 46.7 Å². The predicted molar refractivity (Wildman–Crippen MR) is 84.7 cm³/mol. The van der Waals surface area contributed by atoms with E-state index in [0.29, 0.717) is 22.4 Å². The Bertz CT molecular complexity index is 814. The smallest absolute Gasteiger partial charge is 0.215 e. The number of pyridine rings is 1. The van der Waals surface area contributed by atoms with Crippen LogP contribution >= 0.6 is 23.2 Å². The topological polar surface area (TPSA) is 39.9 Å². The zero-order valence-corrected chi connectivity index (χ0v) is 13.1. The van der Waals surface area contributed by atoms with Gasteiger partial charge >= 0.3 is 0 Å². The van der Waals surface area contributed by atoms with E-state index in [1.165, 1.54) is 0 Å². The molecule has 3 aromatic rings. The molecule has 0 aliphatic rings. The molecule has 0 atom stereocenters. The van der Waals surface area contributed by atoms with Crippen molar-refractivity contribution in [2.24, 2.45) is 0 Å². The van der Waals surface area contributed by atoms with Crippen molar-refractivity contribution < 1.29 is 4.74 Å². The number of fused-ring (bicyclic) bond motifs is 1. The number of ether oxygens (including phenoxy) is 1. The largest absolute Gasteiger partial charge is 0.481 e. The first-order valence-electron chi connectivity index (χ1n) is 6.39. The third kappa shape index (κ3) is 2.45. The van der Waals surface area contributed by atoms with E-state index >= 15 is 0 Å². The third-order valence-electron chi connectivity index (χ3n) is 3.22. The Kier molecular flexibility index (Phi) is 3.74. The van der Waals surface area contributed by atoms with E-state index in [9.17, 15) is 0 Å². The molecule has 0 saturated carbocycles. The van der Waals surface area contributed by atoms with Gasteiger partial charge in [0.05, 0.1) is 23.7 Å². The predicted octanol–water partition coefficient (Wildman–Crippen LogP) is 4.13. The number of imidazole rings is 1. The first kappa shape index (κ1) is 14.2. The van der Waals surface area contributed by atoms with E-state index in [4.69, 9.17) is 27.9 Å². The number of aromatic nitrogens is 3. The van der Waals surface area contributed by atoms with Gasteiger partial charge in [-0.2, -0.15) is 4.98 Å². The van der Waals surface area contributed by atoms with Gasteiger partial charge in [-0.1, -0.05) is 17.7 Å². The van der Waals surface area contributed by atoms with Crippen molar-refractivity contribution in [2.45, 2.75) is 12.8 Å². The minimum atomic E-state index is 0.267. The standard InChI is InChI=1S/C15H13Cl2N3O/c1-9-3-4-10(17)12(7-9)20-13(8-16)18-11-5-6-14(21-2)19-15(11)20/h3-7H,8H2,1-2H3. The SMILES string of the molecule is COc1ccc2nc(CCl)n(-c3cc(C)ccc3Cl)c2n1. The van der Waals surface area contributed by atoms with E-state index < -0.39 is 0 Å². The molecule has 0 saturated heterocycles. The maximum absolute atomic E-state index is 6.34. The van der Waals surface area contributed by atoms with Crippen LogP contribution in [0.2, 0.25) is 5.02 Å². The van der Waals surface area contributed by atoms with Crippen LogP contribution in [-0.4, -0.2) is 21.6 Å². The van der Waals surface area contributed by atoms with Gasteiger partial charge in [0.1, 0.15) is 11.3 Å². The number of hydrogen-bond donors (Lipinski definition) is 0. The van der Waals surface area contributed by atoms with Crippen LogP contribution in [0.5, 0.6) is 5.88 Å². The second-order valence-electron chi connectivity index (χ2n) is 4.65.